The highest BCUT2D eigenvalue weighted by atomic mass is 16.5. The zero-order chi connectivity index (χ0) is 29.6. The molecule has 42 heavy (non-hydrogen) atoms. The van der Waals surface area contributed by atoms with Crippen LogP contribution in [0, 0.1) is 6.92 Å². The summed E-state index contributed by atoms with van der Waals surface area (Å²) < 4.78 is 9.73. The van der Waals surface area contributed by atoms with Gasteiger partial charge in [0, 0.05) is 43.0 Å². The Morgan fingerprint density at radius 2 is 1.67 bits per heavy atom. The highest BCUT2D eigenvalue weighted by Gasteiger charge is 2.22. The van der Waals surface area contributed by atoms with Crippen molar-refractivity contribution in [3.63, 3.8) is 0 Å². The second-order valence-electron chi connectivity index (χ2n) is 11.8. The van der Waals surface area contributed by atoms with E-state index in [9.17, 15) is 9.59 Å². The number of imidazole rings is 1. The normalized spacial score (nSPS) is 11.8. The number of carbonyl (C=O) groups is 1. The smallest absolute Gasteiger partial charge is 0.327 e. The third kappa shape index (κ3) is 5.11. The molecule has 0 aliphatic carbocycles. The van der Waals surface area contributed by atoms with Gasteiger partial charge >= 0.3 is 5.69 Å². The summed E-state index contributed by atoms with van der Waals surface area (Å²) in [6.07, 6.45) is 2.14. The molecule has 0 bridgehead atoms. The quantitative estimate of drug-likeness (QED) is 0.246. The van der Waals surface area contributed by atoms with Gasteiger partial charge in [0.2, 0.25) is 0 Å². The highest BCUT2D eigenvalue weighted by molar-refractivity contribution is 5.95. The molecule has 212 valence electrons. The second-order valence-corrected chi connectivity index (χ2v) is 11.8. The number of aromatic nitrogens is 5. The van der Waals surface area contributed by atoms with Crippen LogP contribution in [0.4, 0.5) is 0 Å². The number of aryl methyl sites for hydroxylation is 2. The standard InChI is InChI=1S/C34H33N5O3/c1-21-10-13-23(14-11-21)39-24(20-30(37-39)34(2,3)4)19-25(40)18-22-12-15-28(27-9-7-6-8-26(22)27)42-29-16-17-35-32-31(29)38(5)33(41)36-32/h6-17,20H,18-19H2,1-5H3,(H,35,36,41). The SMILES string of the molecule is Cc1ccc(-n2nc(C(C)(C)C)cc2CC(=O)Cc2ccc(Oc3ccnc4[nH]c(=O)n(C)c34)c3ccccc23)cc1. The summed E-state index contributed by atoms with van der Waals surface area (Å²) in [6, 6.07) is 23.7. The van der Waals surface area contributed by atoms with Gasteiger partial charge in [-0.15, -0.1) is 0 Å². The number of Topliss-reactive ketones (excluding diaryl/α,β-unsaturated/α-hetero) is 1. The van der Waals surface area contributed by atoms with E-state index in [0.717, 1.165) is 33.4 Å². The number of fused-ring (bicyclic) bond motifs is 2. The first-order chi connectivity index (χ1) is 20.1. The molecule has 0 unspecified atom stereocenters. The van der Waals surface area contributed by atoms with Gasteiger partial charge in [-0.2, -0.15) is 5.10 Å². The molecule has 0 saturated heterocycles. The van der Waals surface area contributed by atoms with Crippen molar-refractivity contribution in [1.29, 1.82) is 0 Å². The average molecular weight is 560 g/mol. The van der Waals surface area contributed by atoms with E-state index >= 15 is 0 Å². The second kappa shape index (κ2) is 10.4. The molecular weight excluding hydrogens is 526 g/mol. The van der Waals surface area contributed by atoms with Gasteiger partial charge in [-0.05, 0) is 42.1 Å². The van der Waals surface area contributed by atoms with Crippen LogP contribution in [-0.2, 0) is 30.1 Å². The fourth-order valence-corrected chi connectivity index (χ4v) is 5.22. The van der Waals surface area contributed by atoms with E-state index < -0.39 is 0 Å². The fraction of sp³-hybridized carbons (Fsp3) is 0.235. The Hall–Kier alpha value is -4.98. The van der Waals surface area contributed by atoms with Crippen molar-refractivity contribution in [2.75, 3.05) is 0 Å². The zero-order valence-corrected chi connectivity index (χ0v) is 24.4. The lowest BCUT2D eigenvalue weighted by atomic mass is 9.92. The van der Waals surface area contributed by atoms with Crippen LogP contribution in [-0.4, -0.2) is 30.1 Å². The maximum absolute atomic E-state index is 13.6. The molecule has 0 aliphatic heterocycles. The maximum atomic E-state index is 13.6. The molecule has 0 radical (unpaired) electrons. The number of hydrogen-bond donors (Lipinski definition) is 1. The molecule has 0 atom stereocenters. The van der Waals surface area contributed by atoms with Gasteiger partial charge in [0.25, 0.3) is 0 Å². The molecule has 3 aromatic heterocycles. The maximum Gasteiger partial charge on any atom is 0.327 e. The van der Waals surface area contributed by atoms with Crippen LogP contribution in [0.1, 0.15) is 43.3 Å². The number of carbonyl (C=O) groups excluding carboxylic acids is 1. The molecule has 0 saturated carbocycles. The number of pyridine rings is 1. The van der Waals surface area contributed by atoms with Crippen LogP contribution < -0.4 is 10.4 Å². The van der Waals surface area contributed by atoms with Crippen molar-refractivity contribution < 1.29 is 9.53 Å². The number of nitrogens with one attached hydrogen (secondary N) is 1. The molecular formula is C34H33N5O3. The molecule has 6 rings (SSSR count). The fourth-order valence-electron chi connectivity index (χ4n) is 5.22. The Kier molecular flexibility index (Phi) is 6.77. The first-order valence-electron chi connectivity index (χ1n) is 14.0. The van der Waals surface area contributed by atoms with Crippen molar-refractivity contribution in [2.45, 2.75) is 46.0 Å². The number of benzene rings is 3. The Bertz CT molecular complexity index is 2010. The predicted octanol–water partition coefficient (Wildman–Crippen LogP) is 6.35. The largest absolute Gasteiger partial charge is 0.454 e. The Balaban J connectivity index is 1.31. The summed E-state index contributed by atoms with van der Waals surface area (Å²) in [6.45, 7) is 8.44. The zero-order valence-electron chi connectivity index (χ0n) is 24.4. The molecule has 0 aliphatic rings. The minimum absolute atomic E-state index is 0.0979. The van der Waals surface area contributed by atoms with Crippen molar-refractivity contribution in [1.82, 2.24) is 24.3 Å². The van der Waals surface area contributed by atoms with Crippen molar-refractivity contribution in [2.24, 2.45) is 7.05 Å². The molecule has 6 aromatic rings. The van der Waals surface area contributed by atoms with E-state index in [4.69, 9.17) is 9.84 Å². The molecule has 3 heterocycles. The van der Waals surface area contributed by atoms with E-state index in [-0.39, 0.29) is 29.7 Å². The van der Waals surface area contributed by atoms with Crippen molar-refractivity contribution >= 4 is 27.7 Å². The number of aromatic amines is 1. The summed E-state index contributed by atoms with van der Waals surface area (Å²) in [5.41, 5.74) is 5.50. The Labute approximate surface area is 243 Å². The van der Waals surface area contributed by atoms with Gasteiger partial charge in [-0.3, -0.25) is 14.3 Å². The molecule has 8 nitrogen and oxygen atoms in total. The third-order valence-corrected chi connectivity index (χ3v) is 7.54. The lowest BCUT2D eigenvalue weighted by molar-refractivity contribution is -0.117. The third-order valence-electron chi connectivity index (χ3n) is 7.54. The summed E-state index contributed by atoms with van der Waals surface area (Å²) in [7, 11) is 1.68. The van der Waals surface area contributed by atoms with Crippen LogP contribution in [0.2, 0.25) is 0 Å². The Morgan fingerprint density at radius 1 is 0.929 bits per heavy atom. The van der Waals surface area contributed by atoms with Crippen molar-refractivity contribution in [3.05, 3.63) is 112 Å². The van der Waals surface area contributed by atoms with Crippen LogP contribution in [0.3, 0.4) is 0 Å². The molecule has 3 aromatic carbocycles. The first kappa shape index (κ1) is 27.2. The Morgan fingerprint density at radius 3 is 2.40 bits per heavy atom. The number of H-pyrrole nitrogens is 1. The predicted molar refractivity (Wildman–Crippen MR) is 165 cm³/mol. The van der Waals surface area contributed by atoms with Gasteiger partial charge in [-0.1, -0.05) is 68.8 Å². The number of rotatable bonds is 7. The average Bonchev–Trinajstić information content (AvgIpc) is 3.51. The lowest BCUT2D eigenvalue weighted by Gasteiger charge is -2.14. The van der Waals surface area contributed by atoms with Crippen LogP contribution >= 0.6 is 0 Å². The minimum Gasteiger partial charge on any atom is -0.454 e. The number of ether oxygens (including phenoxy) is 1. The van der Waals surface area contributed by atoms with Gasteiger partial charge in [-0.25, -0.2) is 14.5 Å². The molecule has 0 spiro atoms. The molecule has 0 amide bonds. The lowest BCUT2D eigenvalue weighted by Crippen LogP contribution is -2.13. The van der Waals surface area contributed by atoms with Gasteiger partial charge in [0.05, 0.1) is 17.1 Å². The summed E-state index contributed by atoms with van der Waals surface area (Å²) in [4.78, 5) is 32.7. The van der Waals surface area contributed by atoms with E-state index in [1.807, 2.05) is 53.2 Å². The van der Waals surface area contributed by atoms with Gasteiger partial charge in [0.1, 0.15) is 17.0 Å². The molecule has 8 heteroatoms. The number of nitrogens with zero attached hydrogens (tertiary/aromatic N) is 4. The van der Waals surface area contributed by atoms with E-state index in [2.05, 4.69) is 55.9 Å². The van der Waals surface area contributed by atoms with Crippen LogP contribution in [0.15, 0.2) is 83.8 Å². The van der Waals surface area contributed by atoms with Crippen LogP contribution in [0.25, 0.3) is 27.6 Å². The monoisotopic (exact) mass is 559 g/mol. The summed E-state index contributed by atoms with van der Waals surface area (Å²) in [5.74, 6) is 1.25. The first-order valence-corrected chi connectivity index (χ1v) is 14.0. The number of hydrogen-bond acceptors (Lipinski definition) is 5. The van der Waals surface area contributed by atoms with E-state index in [0.29, 0.717) is 22.7 Å². The number of ketones is 1. The molecule has 1 N–H and O–H groups in total. The van der Waals surface area contributed by atoms with E-state index in [1.165, 1.54) is 10.1 Å². The highest BCUT2D eigenvalue weighted by Crippen LogP contribution is 2.34. The minimum atomic E-state index is -0.259. The van der Waals surface area contributed by atoms with E-state index in [1.54, 1.807) is 19.3 Å². The summed E-state index contributed by atoms with van der Waals surface area (Å²) in [5, 5.41) is 6.72. The van der Waals surface area contributed by atoms with Crippen LogP contribution in [0.5, 0.6) is 11.5 Å². The van der Waals surface area contributed by atoms with Gasteiger partial charge in [0.15, 0.2) is 11.4 Å². The van der Waals surface area contributed by atoms with Gasteiger partial charge < -0.3 is 4.74 Å². The topological polar surface area (TPSA) is 94.8 Å². The van der Waals surface area contributed by atoms with Crippen molar-refractivity contribution in [3.8, 4) is 17.2 Å². The summed E-state index contributed by atoms with van der Waals surface area (Å²) >= 11 is 0. The molecule has 0 fully saturated rings.